The van der Waals surface area contributed by atoms with Gasteiger partial charge in [-0.25, -0.2) is 0 Å². The van der Waals surface area contributed by atoms with E-state index in [2.05, 4.69) is 26.0 Å². The molecule has 16 heavy (non-hydrogen) atoms. The summed E-state index contributed by atoms with van der Waals surface area (Å²) in [5.41, 5.74) is 0.511. The minimum Gasteiger partial charge on any atom is -0.385 e. The van der Waals surface area contributed by atoms with Crippen LogP contribution in [0.1, 0.15) is 45.1 Å². The highest BCUT2D eigenvalue weighted by molar-refractivity contribution is 5.22. The monoisotopic (exact) mass is 218 g/mol. The van der Waals surface area contributed by atoms with E-state index < -0.39 is 5.60 Å². The highest BCUT2D eigenvalue weighted by Gasteiger charge is 2.33. The van der Waals surface area contributed by atoms with Crippen molar-refractivity contribution in [1.82, 2.24) is 0 Å². The van der Waals surface area contributed by atoms with Gasteiger partial charge in [0, 0.05) is 0 Å². The second-order valence-corrected chi connectivity index (χ2v) is 5.43. The Bertz CT molecular complexity index is 319. The molecule has 2 unspecified atom stereocenters. The Kier molecular flexibility index (Phi) is 3.34. The maximum Gasteiger partial charge on any atom is 0.0896 e. The summed E-state index contributed by atoms with van der Waals surface area (Å²) in [6.45, 7) is 4.61. The predicted molar refractivity (Wildman–Crippen MR) is 67.1 cm³/mol. The summed E-state index contributed by atoms with van der Waals surface area (Å²) < 4.78 is 0. The van der Waals surface area contributed by atoms with Crippen LogP contribution >= 0.6 is 0 Å². The predicted octanol–water partition coefficient (Wildman–Crippen LogP) is 3.72. The lowest BCUT2D eigenvalue weighted by molar-refractivity contribution is 0.0193. The first-order chi connectivity index (χ1) is 7.62. The largest absolute Gasteiger partial charge is 0.385 e. The smallest absolute Gasteiger partial charge is 0.0896 e. The lowest BCUT2D eigenvalue weighted by Crippen LogP contribution is -2.24. The molecule has 0 amide bonds. The Morgan fingerprint density at radius 2 is 1.50 bits per heavy atom. The molecule has 1 saturated carbocycles. The average Bonchev–Trinajstić information content (AvgIpc) is 2.45. The van der Waals surface area contributed by atoms with Crippen LogP contribution in [0.25, 0.3) is 0 Å². The molecule has 1 aromatic rings. The lowest BCUT2D eigenvalue weighted by Gasteiger charge is -2.27. The van der Waals surface area contributed by atoms with Crippen molar-refractivity contribution >= 4 is 0 Å². The summed E-state index contributed by atoms with van der Waals surface area (Å²) in [6, 6.07) is 10.2. The second-order valence-electron chi connectivity index (χ2n) is 5.43. The number of hydrogen-bond acceptors (Lipinski definition) is 1. The SMILES string of the molecule is CC1CCC(O)(c2ccccc2)CCC1C. The standard InChI is InChI=1S/C15H22O/c1-12-8-10-15(16,11-9-13(12)2)14-6-4-3-5-7-14/h3-7,12-13,16H,8-11H2,1-2H3. The third-order valence-corrected chi connectivity index (χ3v) is 4.31. The van der Waals surface area contributed by atoms with E-state index in [4.69, 9.17) is 0 Å². The number of rotatable bonds is 1. The minimum absolute atomic E-state index is 0.583. The van der Waals surface area contributed by atoms with Gasteiger partial charge in [-0.1, -0.05) is 44.2 Å². The van der Waals surface area contributed by atoms with Crippen molar-refractivity contribution in [2.24, 2.45) is 11.8 Å². The van der Waals surface area contributed by atoms with Crippen LogP contribution in [-0.2, 0) is 5.60 Å². The molecule has 1 aliphatic carbocycles. The van der Waals surface area contributed by atoms with Crippen LogP contribution in [-0.4, -0.2) is 5.11 Å². The van der Waals surface area contributed by atoms with E-state index in [0.717, 1.165) is 43.1 Å². The highest BCUT2D eigenvalue weighted by atomic mass is 16.3. The fourth-order valence-electron chi connectivity index (χ4n) is 2.66. The second kappa shape index (κ2) is 4.58. The van der Waals surface area contributed by atoms with Crippen LogP contribution in [0.15, 0.2) is 30.3 Å². The number of hydrogen-bond donors (Lipinski definition) is 1. The van der Waals surface area contributed by atoms with Crippen molar-refractivity contribution in [3.63, 3.8) is 0 Å². The van der Waals surface area contributed by atoms with Gasteiger partial charge in [-0.15, -0.1) is 0 Å². The molecular weight excluding hydrogens is 196 g/mol. The molecule has 1 aliphatic rings. The number of aliphatic hydroxyl groups is 1. The van der Waals surface area contributed by atoms with E-state index >= 15 is 0 Å². The van der Waals surface area contributed by atoms with Gasteiger partial charge in [-0.05, 0) is 43.1 Å². The van der Waals surface area contributed by atoms with Gasteiger partial charge in [0.15, 0.2) is 0 Å². The molecule has 0 saturated heterocycles. The molecule has 2 rings (SSSR count). The molecule has 88 valence electrons. The van der Waals surface area contributed by atoms with Crippen LogP contribution < -0.4 is 0 Å². The zero-order valence-electron chi connectivity index (χ0n) is 10.3. The first-order valence-electron chi connectivity index (χ1n) is 6.40. The van der Waals surface area contributed by atoms with E-state index in [0.29, 0.717) is 0 Å². The van der Waals surface area contributed by atoms with E-state index in [1.165, 1.54) is 0 Å². The summed E-state index contributed by atoms with van der Waals surface area (Å²) in [6.07, 6.45) is 4.07. The van der Waals surface area contributed by atoms with Gasteiger partial charge in [0.25, 0.3) is 0 Å². The van der Waals surface area contributed by atoms with E-state index in [1.54, 1.807) is 0 Å². The number of benzene rings is 1. The zero-order chi connectivity index (χ0) is 11.6. The summed E-state index contributed by atoms with van der Waals surface area (Å²) in [7, 11) is 0. The van der Waals surface area contributed by atoms with Gasteiger partial charge in [0.05, 0.1) is 5.60 Å². The average molecular weight is 218 g/mol. The van der Waals surface area contributed by atoms with Crippen molar-refractivity contribution < 1.29 is 5.11 Å². The Balaban J connectivity index is 2.19. The van der Waals surface area contributed by atoms with Gasteiger partial charge >= 0.3 is 0 Å². The molecule has 0 spiro atoms. The maximum atomic E-state index is 10.8. The van der Waals surface area contributed by atoms with Crippen molar-refractivity contribution in [3.05, 3.63) is 35.9 Å². The molecule has 1 N–H and O–H groups in total. The third-order valence-electron chi connectivity index (χ3n) is 4.31. The first kappa shape index (κ1) is 11.7. The third kappa shape index (κ3) is 2.30. The Morgan fingerprint density at radius 1 is 1.00 bits per heavy atom. The molecule has 0 aromatic heterocycles. The molecule has 0 heterocycles. The fraction of sp³-hybridized carbons (Fsp3) is 0.600. The minimum atomic E-state index is -0.583. The van der Waals surface area contributed by atoms with Crippen LogP contribution in [0.3, 0.4) is 0 Å². The fourth-order valence-corrected chi connectivity index (χ4v) is 2.66. The summed E-state index contributed by atoms with van der Waals surface area (Å²) in [4.78, 5) is 0. The summed E-state index contributed by atoms with van der Waals surface area (Å²) in [5, 5.41) is 10.8. The quantitative estimate of drug-likeness (QED) is 0.712. The highest BCUT2D eigenvalue weighted by Crippen LogP contribution is 2.39. The first-order valence-corrected chi connectivity index (χ1v) is 6.40. The molecular formula is C15H22O. The molecule has 1 fully saturated rings. The molecule has 1 heteroatoms. The van der Waals surface area contributed by atoms with Crippen LogP contribution in [0, 0.1) is 11.8 Å². The van der Waals surface area contributed by atoms with E-state index in [9.17, 15) is 5.11 Å². The Labute approximate surface area is 98.5 Å². The van der Waals surface area contributed by atoms with Crippen molar-refractivity contribution in [2.45, 2.75) is 45.1 Å². The molecule has 0 radical (unpaired) electrons. The van der Waals surface area contributed by atoms with Crippen molar-refractivity contribution in [1.29, 1.82) is 0 Å². The molecule has 0 aliphatic heterocycles. The Hall–Kier alpha value is -0.820. The van der Waals surface area contributed by atoms with Crippen molar-refractivity contribution in [2.75, 3.05) is 0 Å². The van der Waals surface area contributed by atoms with E-state index in [1.807, 2.05) is 18.2 Å². The van der Waals surface area contributed by atoms with Crippen LogP contribution in [0.4, 0.5) is 0 Å². The van der Waals surface area contributed by atoms with Gasteiger partial charge < -0.3 is 5.11 Å². The maximum absolute atomic E-state index is 10.8. The lowest BCUT2D eigenvalue weighted by atomic mass is 9.86. The topological polar surface area (TPSA) is 20.2 Å². The van der Waals surface area contributed by atoms with Crippen LogP contribution in [0.2, 0.25) is 0 Å². The van der Waals surface area contributed by atoms with Crippen LogP contribution in [0.5, 0.6) is 0 Å². The van der Waals surface area contributed by atoms with Gasteiger partial charge in [-0.2, -0.15) is 0 Å². The van der Waals surface area contributed by atoms with Gasteiger partial charge in [0.2, 0.25) is 0 Å². The van der Waals surface area contributed by atoms with Gasteiger partial charge in [0.1, 0.15) is 0 Å². The zero-order valence-corrected chi connectivity index (χ0v) is 10.3. The molecule has 1 nitrogen and oxygen atoms in total. The molecule has 0 bridgehead atoms. The summed E-state index contributed by atoms with van der Waals surface area (Å²) in [5.74, 6) is 1.47. The molecule has 2 atom stereocenters. The van der Waals surface area contributed by atoms with E-state index in [-0.39, 0.29) is 0 Å². The van der Waals surface area contributed by atoms with Gasteiger partial charge in [-0.3, -0.25) is 0 Å². The van der Waals surface area contributed by atoms with Crippen molar-refractivity contribution in [3.8, 4) is 0 Å². The normalized spacial score (nSPS) is 35.7. The summed E-state index contributed by atoms with van der Waals surface area (Å²) >= 11 is 0. The Morgan fingerprint density at radius 3 is 2.00 bits per heavy atom. The molecule has 1 aromatic carbocycles.